The van der Waals surface area contributed by atoms with Gasteiger partial charge in [0.2, 0.25) is 0 Å². The Hall–Kier alpha value is -1.92. The summed E-state index contributed by atoms with van der Waals surface area (Å²) in [6, 6.07) is 13.8. The van der Waals surface area contributed by atoms with Gasteiger partial charge in [-0.25, -0.2) is 0 Å². The third-order valence-corrected chi connectivity index (χ3v) is 5.28. The Labute approximate surface area is 137 Å². The van der Waals surface area contributed by atoms with Crippen LogP contribution in [0, 0.1) is 6.92 Å². The van der Waals surface area contributed by atoms with Crippen molar-refractivity contribution in [3.05, 3.63) is 52.2 Å². The van der Waals surface area contributed by atoms with Crippen LogP contribution in [0.5, 0.6) is 0 Å². The van der Waals surface area contributed by atoms with Gasteiger partial charge in [0.1, 0.15) is 0 Å². The highest BCUT2D eigenvalue weighted by Gasteiger charge is 2.14. The van der Waals surface area contributed by atoms with Crippen molar-refractivity contribution in [3.8, 4) is 11.4 Å². The Kier molecular flexibility index (Phi) is 4.40. The molecule has 3 rings (SSSR count). The van der Waals surface area contributed by atoms with Gasteiger partial charge in [-0.05, 0) is 19.1 Å². The lowest BCUT2D eigenvalue weighted by atomic mass is 10.2. The average Bonchev–Trinajstić information content (AvgIpc) is 3.12. The van der Waals surface area contributed by atoms with Gasteiger partial charge in [-0.15, -0.1) is 21.5 Å². The molecule has 0 aliphatic rings. The third-order valence-electron chi connectivity index (χ3n) is 3.21. The van der Waals surface area contributed by atoms with Crippen LogP contribution in [0.1, 0.15) is 14.5 Å². The van der Waals surface area contributed by atoms with Gasteiger partial charge in [0.05, 0.1) is 10.6 Å². The van der Waals surface area contributed by atoms with E-state index in [1.165, 1.54) is 23.1 Å². The summed E-state index contributed by atoms with van der Waals surface area (Å²) in [5, 5.41) is 9.16. The van der Waals surface area contributed by atoms with Crippen LogP contribution in [0.2, 0.25) is 0 Å². The molecule has 3 aromatic rings. The molecule has 6 heteroatoms. The van der Waals surface area contributed by atoms with Gasteiger partial charge in [-0.1, -0.05) is 42.1 Å². The topological polar surface area (TPSA) is 47.8 Å². The van der Waals surface area contributed by atoms with Crippen molar-refractivity contribution in [1.29, 1.82) is 0 Å². The van der Waals surface area contributed by atoms with Crippen LogP contribution in [0.3, 0.4) is 0 Å². The molecule has 0 amide bonds. The monoisotopic (exact) mass is 329 g/mol. The summed E-state index contributed by atoms with van der Waals surface area (Å²) in [5.41, 5.74) is 1.02. The number of hydrogen-bond donors (Lipinski definition) is 0. The predicted molar refractivity (Wildman–Crippen MR) is 90.5 cm³/mol. The molecule has 4 nitrogen and oxygen atoms in total. The molecular formula is C16H15N3OS2. The van der Waals surface area contributed by atoms with Crippen LogP contribution in [0.4, 0.5) is 0 Å². The number of aromatic nitrogens is 3. The van der Waals surface area contributed by atoms with Crippen LogP contribution in [-0.4, -0.2) is 26.3 Å². The summed E-state index contributed by atoms with van der Waals surface area (Å²) in [6.45, 7) is 2.00. The lowest BCUT2D eigenvalue weighted by Gasteiger charge is -2.03. The minimum absolute atomic E-state index is 0.132. The van der Waals surface area contributed by atoms with E-state index >= 15 is 0 Å². The first-order valence-electron chi connectivity index (χ1n) is 6.82. The number of Topliss-reactive ketones (excluding diaryl/α,β-unsaturated/α-hetero) is 1. The van der Waals surface area contributed by atoms with Gasteiger partial charge in [0.15, 0.2) is 16.8 Å². The maximum atomic E-state index is 12.2. The van der Waals surface area contributed by atoms with Crippen LogP contribution in [0.15, 0.2) is 47.6 Å². The number of rotatable bonds is 5. The fourth-order valence-corrected chi connectivity index (χ4v) is 3.76. The summed E-state index contributed by atoms with van der Waals surface area (Å²) < 4.78 is 1.92. The Balaban J connectivity index is 1.72. The second kappa shape index (κ2) is 6.46. The Morgan fingerprint density at radius 1 is 1.18 bits per heavy atom. The van der Waals surface area contributed by atoms with Gasteiger partial charge in [0, 0.05) is 17.5 Å². The van der Waals surface area contributed by atoms with E-state index in [-0.39, 0.29) is 5.78 Å². The highest BCUT2D eigenvalue weighted by atomic mass is 32.2. The van der Waals surface area contributed by atoms with Crippen molar-refractivity contribution in [2.24, 2.45) is 7.05 Å². The smallest absolute Gasteiger partial charge is 0.191 e. The molecule has 0 aliphatic carbocycles. The lowest BCUT2D eigenvalue weighted by Crippen LogP contribution is -2.01. The zero-order valence-electron chi connectivity index (χ0n) is 12.3. The molecule has 0 aliphatic heterocycles. The molecule has 0 unspecified atom stereocenters. The summed E-state index contributed by atoms with van der Waals surface area (Å²) in [4.78, 5) is 14.1. The van der Waals surface area contributed by atoms with E-state index in [9.17, 15) is 4.79 Å². The molecule has 0 bridgehead atoms. The molecule has 0 saturated heterocycles. The normalized spacial score (nSPS) is 10.8. The molecule has 112 valence electrons. The van der Waals surface area contributed by atoms with Crippen molar-refractivity contribution < 1.29 is 4.79 Å². The number of thiophene rings is 1. The van der Waals surface area contributed by atoms with Crippen LogP contribution >= 0.6 is 23.1 Å². The maximum absolute atomic E-state index is 12.2. The molecule has 2 aromatic heterocycles. The van der Waals surface area contributed by atoms with Crippen molar-refractivity contribution in [1.82, 2.24) is 14.8 Å². The number of hydrogen-bond acceptors (Lipinski definition) is 5. The summed E-state index contributed by atoms with van der Waals surface area (Å²) in [6.07, 6.45) is 0. The molecule has 0 radical (unpaired) electrons. The number of carbonyl (C=O) groups excluding carboxylic acids is 1. The highest BCUT2D eigenvalue weighted by Crippen LogP contribution is 2.24. The van der Waals surface area contributed by atoms with E-state index in [4.69, 9.17) is 0 Å². The number of ketones is 1. The van der Waals surface area contributed by atoms with Crippen LogP contribution < -0.4 is 0 Å². The SMILES string of the molecule is Cc1ccc(C(=O)CSc2nnc(-c3ccccc3)n2C)s1. The van der Waals surface area contributed by atoms with E-state index in [1.807, 2.05) is 61.0 Å². The minimum atomic E-state index is 0.132. The molecule has 0 fully saturated rings. The maximum Gasteiger partial charge on any atom is 0.191 e. The first-order valence-corrected chi connectivity index (χ1v) is 8.62. The van der Waals surface area contributed by atoms with Crippen molar-refractivity contribution in [2.45, 2.75) is 12.1 Å². The molecule has 22 heavy (non-hydrogen) atoms. The van der Waals surface area contributed by atoms with E-state index in [0.29, 0.717) is 5.75 Å². The van der Waals surface area contributed by atoms with E-state index in [1.54, 1.807) is 0 Å². The molecule has 1 aromatic carbocycles. The van der Waals surface area contributed by atoms with E-state index < -0.39 is 0 Å². The fraction of sp³-hybridized carbons (Fsp3) is 0.188. The average molecular weight is 329 g/mol. The number of thioether (sulfide) groups is 1. The Bertz CT molecular complexity index is 793. The summed E-state index contributed by atoms with van der Waals surface area (Å²) >= 11 is 2.95. The Morgan fingerprint density at radius 2 is 1.95 bits per heavy atom. The quantitative estimate of drug-likeness (QED) is 0.527. The zero-order chi connectivity index (χ0) is 15.5. The lowest BCUT2D eigenvalue weighted by molar-refractivity contribution is 0.102. The van der Waals surface area contributed by atoms with Crippen LogP contribution in [0.25, 0.3) is 11.4 Å². The summed E-state index contributed by atoms with van der Waals surface area (Å²) in [7, 11) is 1.92. The molecular weight excluding hydrogens is 314 g/mol. The van der Waals surface area contributed by atoms with Gasteiger partial charge in [-0.2, -0.15) is 0 Å². The zero-order valence-corrected chi connectivity index (χ0v) is 13.9. The first kappa shape index (κ1) is 15.0. The Morgan fingerprint density at radius 3 is 2.64 bits per heavy atom. The number of benzene rings is 1. The molecule has 0 atom stereocenters. The second-order valence-corrected chi connectivity index (χ2v) is 7.08. The fourth-order valence-electron chi connectivity index (χ4n) is 2.06. The molecule has 0 spiro atoms. The minimum Gasteiger partial charge on any atom is -0.305 e. The van der Waals surface area contributed by atoms with Gasteiger partial charge < -0.3 is 4.57 Å². The van der Waals surface area contributed by atoms with E-state index in [0.717, 1.165) is 26.3 Å². The number of nitrogens with zero attached hydrogens (tertiary/aromatic N) is 3. The number of aryl methyl sites for hydroxylation is 1. The van der Waals surface area contributed by atoms with Crippen molar-refractivity contribution >= 4 is 28.9 Å². The molecule has 0 saturated carbocycles. The molecule has 2 heterocycles. The van der Waals surface area contributed by atoms with Crippen LogP contribution in [-0.2, 0) is 7.05 Å². The standard InChI is InChI=1S/C16H15N3OS2/c1-11-8-9-14(22-11)13(20)10-21-16-18-17-15(19(16)2)12-6-4-3-5-7-12/h3-9H,10H2,1-2H3. The summed E-state index contributed by atoms with van der Waals surface area (Å²) in [5.74, 6) is 1.32. The van der Waals surface area contributed by atoms with Crippen molar-refractivity contribution in [3.63, 3.8) is 0 Å². The highest BCUT2D eigenvalue weighted by molar-refractivity contribution is 7.99. The van der Waals surface area contributed by atoms with Gasteiger partial charge >= 0.3 is 0 Å². The third kappa shape index (κ3) is 3.13. The van der Waals surface area contributed by atoms with Crippen molar-refractivity contribution in [2.75, 3.05) is 5.75 Å². The first-order chi connectivity index (χ1) is 10.6. The number of carbonyl (C=O) groups is 1. The van der Waals surface area contributed by atoms with Gasteiger partial charge in [-0.3, -0.25) is 4.79 Å². The predicted octanol–water partition coefficient (Wildman–Crippen LogP) is 3.83. The second-order valence-electron chi connectivity index (χ2n) is 4.85. The van der Waals surface area contributed by atoms with E-state index in [2.05, 4.69) is 10.2 Å². The van der Waals surface area contributed by atoms with Gasteiger partial charge in [0.25, 0.3) is 0 Å². The largest absolute Gasteiger partial charge is 0.305 e. The molecule has 0 N–H and O–H groups in total.